The van der Waals surface area contributed by atoms with Gasteiger partial charge in [0.2, 0.25) is 9.84 Å². The lowest BCUT2D eigenvalue weighted by atomic mass is 9.89. The van der Waals surface area contributed by atoms with E-state index in [0.29, 0.717) is 35.8 Å². The maximum atomic E-state index is 14.3. The molecule has 2 N–H and O–H groups in total. The summed E-state index contributed by atoms with van der Waals surface area (Å²) in [6, 6.07) is 21.8. The van der Waals surface area contributed by atoms with E-state index in [1.807, 2.05) is 13.8 Å². The van der Waals surface area contributed by atoms with E-state index < -0.39 is 27.3 Å². The largest absolute Gasteiger partial charge is 0.494 e. The fourth-order valence-corrected chi connectivity index (χ4v) is 7.91. The van der Waals surface area contributed by atoms with Gasteiger partial charge >= 0.3 is 5.97 Å². The fraction of sp³-hybridized carbons (Fsp3) is 0.212. The van der Waals surface area contributed by atoms with Gasteiger partial charge in [-0.3, -0.25) is 9.36 Å². The lowest BCUT2D eigenvalue weighted by Crippen LogP contribution is -2.41. The van der Waals surface area contributed by atoms with Gasteiger partial charge in [-0.2, -0.15) is 0 Å². The highest BCUT2D eigenvalue weighted by atomic mass is 32.2. The summed E-state index contributed by atoms with van der Waals surface area (Å²) in [5.74, 6) is -0.919. The molecule has 11 heteroatoms. The summed E-state index contributed by atoms with van der Waals surface area (Å²) in [5.41, 5.74) is 7.31. The van der Waals surface area contributed by atoms with Crippen molar-refractivity contribution in [3.8, 4) is 11.5 Å². The molecule has 0 saturated heterocycles. The molecule has 0 radical (unpaired) electrons. The van der Waals surface area contributed by atoms with Gasteiger partial charge in [-0.15, -0.1) is 11.3 Å². The van der Waals surface area contributed by atoms with Crippen molar-refractivity contribution in [2.75, 3.05) is 19.8 Å². The smallest absolute Gasteiger partial charge is 0.338 e. The first-order chi connectivity index (χ1) is 21.2. The Hall–Kier alpha value is -4.61. The van der Waals surface area contributed by atoms with Gasteiger partial charge in [0.25, 0.3) is 5.56 Å². The predicted molar refractivity (Wildman–Crippen MR) is 170 cm³/mol. The lowest BCUT2D eigenvalue weighted by molar-refractivity contribution is -0.136. The number of allylic oxidation sites excluding steroid dienone is 1. The summed E-state index contributed by atoms with van der Waals surface area (Å²) in [7, 11) is -4.31. The molecule has 1 aromatic heterocycles. The third-order valence-corrected chi connectivity index (χ3v) is 9.97. The molecule has 44 heavy (non-hydrogen) atoms. The monoisotopic (exact) mass is 632 g/mol. The standard InChI is InChI=1S/C33H32N2O7S2/c1-4-40-23-16-12-21(13-17-23)20-26-31(36)35-30(34)29(44(38,39)25-10-8-7-9-11-25)27(22-14-18-24(19-15-22)41-5-2)28(32(35)43-26)33(37)42-6-3/h7-20,27H,4-6,34H2,1-3H3/b26-20+/t27-/m0/s1. The van der Waals surface area contributed by atoms with E-state index in [9.17, 15) is 18.0 Å². The van der Waals surface area contributed by atoms with Gasteiger partial charge in [0.15, 0.2) is 0 Å². The first-order valence-corrected chi connectivity index (χ1v) is 16.4. The van der Waals surface area contributed by atoms with Crippen molar-refractivity contribution in [3.05, 3.63) is 114 Å². The molecule has 1 aliphatic rings. The van der Waals surface area contributed by atoms with Crippen molar-refractivity contribution in [1.29, 1.82) is 0 Å². The Morgan fingerprint density at radius 2 is 1.48 bits per heavy atom. The first-order valence-electron chi connectivity index (χ1n) is 14.1. The fourth-order valence-electron chi connectivity index (χ4n) is 5.05. The molecule has 228 valence electrons. The average molecular weight is 633 g/mol. The Morgan fingerprint density at radius 3 is 2.05 bits per heavy atom. The van der Waals surface area contributed by atoms with Crippen LogP contribution in [0.15, 0.2) is 93.5 Å². The predicted octanol–water partition coefficient (Wildman–Crippen LogP) is 3.61. The summed E-state index contributed by atoms with van der Waals surface area (Å²) in [4.78, 5) is 27.3. The molecule has 0 spiro atoms. The number of nitrogens with zero attached hydrogens (tertiary/aromatic N) is 1. The molecule has 0 amide bonds. The van der Waals surface area contributed by atoms with Crippen LogP contribution >= 0.6 is 11.3 Å². The van der Waals surface area contributed by atoms with Gasteiger partial charge in [0.05, 0.1) is 40.7 Å². The minimum Gasteiger partial charge on any atom is -0.494 e. The Labute approximate surface area is 259 Å². The van der Waals surface area contributed by atoms with Crippen molar-refractivity contribution in [2.45, 2.75) is 31.6 Å². The number of hydrogen-bond donors (Lipinski definition) is 1. The molecule has 0 saturated carbocycles. The normalized spacial score (nSPS) is 15.2. The topological polar surface area (TPSA) is 127 Å². The highest BCUT2D eigenvalue weighted by molar-refractivity contribution is 7.95. The Balaban J connectivity index is 1.84. The minimum atomic E-state index is -4.31. The zero-order valence-electron chi connectivity index (χ0n) is 24.5. The van der Waals surface area contributed by atoms with Gasteiger partial charge in [0, 0.05) is 0 Å². The lowest BCUT2D eigenvalue weighted by Gasteiger charge is -2.28. The van der Waals surface area contributed by atoms with Crippen LogP contribution in [0.1, 0.15) is 37.8 Å². The highest BCUT2D eigenvalue weighted by Gasteiger charge is 2.42. The maximum Gasteiger partial charge on any atom is 0.338 e. The molecular formula is C33H32N2O7S2. The maximum absolute atomic E-state index is 14.3. The van der Waals surface area contributed by atoms with Crippen molar-refractivity contribution in [3.63, 3.8) is 0 Å². The number of fused-ring (bicyclic) bond motifs is 1. The van der Waals surface area contributed by atoms with Gasteiger partial charge < -0.3 is 19.9 Å². The summed E-state index contributed by atoms with van der Waals surface area (Å²) in [6.45, 7) is 6.40. The van der Waals surface area contributed by atoms with Crippen LogP contribution < -0.4 is 30.0 Å². The van der Waals surface area contributed by atoms with Crippen molar-refractivity contribution in [2.24, 2.45) is 5.73 Å². The molecule has 0 aliphatic carbocycles. The van der Waals surface area contributed by atoms with E-state index in [2.05, 4.69) is 0 Å². The van der Waals surface area contributed by atoms with Crippen LogP contribution in [0.3, 0.4) is 0 Å². The molecular weight excluding hydrogens is 601 g/mol. The summed E-state index contributed by atoms with van der Waals surface area (Å²) >= 11 is 1.05. The first kappa shape index (κ1) is 30.8. The van der Waals surface area contributed by atoms with Crippen molar-refractivity contribution >= 4 is 44.6 Å². The van der Waals surface area contributed by atoms with Crippen LogP contribution in [-0.4, -0.2) is 38.8 Å². The Morgan fingerprint density at radius 1 is 0.886 bits per heavy atom. The van der Waals surface area contributed by atoms with E-state index in [1.165, 1.54) is 12.1 Å². The van der Waals surface area contributed by atoms with Gasteiger partial charge in [0.1, 0.15) is 26.9 Å². The summed E-state index contributed by atoms with van der Waals surface area (Å²) < 4.78 is 46.8. The van der Waals surface area contributed by atoms with E-state index >= 15 is 0 Å². The van der Waals surface area contributed by atoms with E-state index in [4.69, 9.17) is 19.9 Å². The number of rotatable bonds is 10. The number of thiazole rings is 1. The number of hydrogen-bond acceptors (Lipinski definition) is 9. The molecule has 3 aromatic carbocycles. The quantitative estimate of drug-likeness (QED) is 0.263. The van der Waals surface area contributed by atoms with Crippen LogP contribution in [0.25, 0.3) is 17.5 Å². The second-order valence-electron chi connectivity index (χ2n) is 9.69. The number of nitrogens with two attached hydrogens (primary N) is 1. The van der Waals surface area contributed by atoms with Crippen LogP contribution in [0, 0.1) is 0 Å². The van der Waals surface area contributed by atoms with Crippen LogP contribution in [-0.2, 0) is 19.4 Å². The number of carbonyl (C=O) groups excluding carboxylic acids is 1. The number of esters is 1. The van der Waals surface area contributed by atoms with Crippen LogP contribution in [0.2, 0.25) is 0 Å². The second kappa shape index (κ2) is 12.9. The molecule has 0 fully saturated rings. The van der Waals surface area contributed by atoms with Crippen LogP contribution in [0.5, 0.6) is 11.5 Å². The number of carbonyl (C=O) groups is 1. The molecule has 2 heterocycles. The molecule has 0 bridgehead atoms. The third kappa shape index (κ3) is 5.80. The van der Waals surface area contributed by atoms with E-state index in [1.54, 1.807) is 79.7 Å². The molecule has 5 rings (SSSR count). The van der Waals surface area contributed by atoms with Gasteiger partial charge in [-0.1, -0.05) is 42.5 Å². The SMILES string of the molecule is CCOC(=O)C1=c2s/c(=C/c3ccc(OCC)cc3)c(=O)n2C(N)=C(S(=O)(=O)c2ccccc2)[C@H]1c1ccc(OCC)cc1. The number of ether oxygens (including phenoxy) is 3. The summed E-state index contributed by atoms with van der Waals surface area (Å²) in [6.07, 6.45) is 1.67. The van der Waals surface area contributed by atoms with Crippen molar-refractivity contribution < 1.29 is 27.4 Å². The molecule has 0 unspecified atom stereocenters. The van der Waals surface area contributed by atoms with Crippen LogP contribution in [0.4, 0.5) is 0 Å². The zero-order chi connectivity index (χ0) is 31.4. The molecule has 4 aromatic rings. The number of benzene rings is 3. The number of aromatic nitrogens is 1. The second-order valence-corrected chi connectivity index (χ2v) is 12.6. The average Bonchev–Trinajstić information content (AvgIpc) is 3.34. The Kier molecular flexibility index (Phi) is 9.07. The number of sulfone groups is 1. The molecule has 1 atom stereocenters. The van der Waals surface area contributed by atoms with E-state index in [-0.39, 0.29) is 37.0 Å². The van der Waals surface area contributed by atoms with Gasteiger partial charge in [-0.25, -0.2) is 13.2 Å². The van der Waals surface area contributed by atoms with Gasteiger partial charge in [-0.05, 0) is 74.4 Å². The van der Waals surface area contributed by atoms with Crippen molar-refractivity contribution in [1.82, 2.24) is 4.57 Å². The minimum absolute atomic E-state index is 0.00756. The van der Waals surface area contributed by atoms with E-state index in [0.717, 1.165) is 15.9 Å². The third-order valence-electron chi connectivity index (χ3n) is 6.95. The zero-order valence-corrected chi connectivity index (χ0v) is 26.1. The highest BCUT2D eigenvalue weighted by Crippen LogP contribution is 2.42. The molecule has 1 aliphatic heterocycles. The summed E-state index contributed by atoms with van der Waals surface area (Å²) in [5, 5.41) is 0. The molecule has 9 nitrogen and oxygen atoms in total. The Bertz CT molecular complexity index is 1990.